The van der Waals surface area contributed by atoms with Gasteiger partial charge in [-0.25, -0.2) is 0 Å². The third-order valence-corrected chi connectivity index (χ3v) is 6.24. The van der Waals surface area contributed by atoms with E-state index >= 15 is 0 Å². The van der Waals surface area contributed by atoms with E-state index in [2.05, 4.69) is 73.8 Å². The quantitative estimate of drug-likeness (QED) is 0.649. The summed E-state index contributed by atoms with van der Waals surface area (Å²) in [6.45, 7) is 4.66. The summed E-state index contributed by atoms with van der Waals surface area (Å²) in [5.41, 5.74) is 2.99. The zero-order chi connectivity index (χ0) is 11.9. The first-order valence-corrected chi connectivity index (χ1v) is 7.90. The topological polar surface area (TPSA) is 0 Å². The molecule has 0 saturated carbocycles. The minimum Gasteiger partial charge on any atom is -0.140 e. The summed E-state index contributed by atoms with van der Waals surface area (Å²) in [7, 11) is 0. The Morgan fingerprint density at radius 1 is 0.882 bits per heavy atom. The molecule has 0 amide bonds. The molecule has 0 nitrogen and oxygen atoms in total. The fourth-order valence-electron chi connectivity index (χ4n) is 2.29. The first-order valence-electron chi connectivity index (χ1n) is 5.93. The van der Waals surface area contributed by atoms with Crippen molar-refractivity contribution in [2.75, 3.05) is 0 Å². The second kappa shape index (κ2) is 4.25. The zero-order valence-corrected chi connectivity index (χ0v) is 11.8. The van der Waals surface area contributed by atoms with Gasteiger partial charge in [0.05, 0.1) is 4.08 Å². The van der Waals surface area contributed by atoms with E-state index < -0.39 is 0 Å². The van der Waals surface area contributed by atoms with Crippen LogP contribution in [-0.2, 0) is 11.5 Å². The van der Waals surface area contributed by atoms with E-state index in [1.165, 1.54) is 21.9 Å². The van der Waals surface area contributed by atoms with Crippen molar-refractivity contribution in [2.45, 2.75) is 29.4 Å². The molecule has 0 radical (unpaired) electrons. The highest BCUT2D eigenvalue weighted by molar-refractivity contribution is 8.17. The van der Waals surface area contributed by atoms with Gasteiger partial charge in [-0.2, -0.15) is 0 Å². The van der Waals surface area contributed by atoms with Gasteiger partial charge >= 0.3 is 0 Å². The summed E-state index contributed by atoms with van der Waals surface area (Å²) in [5.74, 6) is 2.24. The predicted molar refractivity (Wildman–Crippen MR) is 80.6 cm³/mol. The van der Waals surface area contributed by atoms with Crippen molar-refractivity contribution in [2.24, 2.45) is 0 Å². The van der Waals surface area contributed by atoms with Gasteiger partial charge in [-0.05, 0) is 35.7 Å². The molecule has 2 heteroatoms. The van der Waals surface area contributed by atoms with Crippen LogP contribution in [-0.4, -0.2) is 4.08 Å². The van der Waals surface area contributed by atoms with E-state index in [4.69, 9.17) is 0 Å². The fourth-order valence-corrected chi connectivity index (χ4v) is 4.46. The number of hydrogen-bond acceptors (Lipinski definition) is 2. The summed E-state index contributed by atoms with van der Waals surface area (Å²) in [5, 5.41) is 2.88. The number of rotatable bonds is 0. The molecule has 0 saturated heterocycles. The molecule has 1 aliphatic rings. The van der Waals surface area contributed by atoms with Gasteiger partial charge in [-0.1, -0.05) is 36.4 Å². The molecule has 0 spiro atoms. The number of hydrogen-bond donors (Lipinski definition) is 0. The summed E-state index contributed by atoms with van der Waals surface area (Å²) < 4.78 is 0.315. The lowest BCUT2D eigenvalue weighted by Gasteiger charge is -2.27. The van der Waals surface area contributed by atoms with Crippen molar-refractivity contribution in [3.05, 3.63) is 47.5 Å². The molecule has 0 bridgehead atoms. The van der Waals surface area contributed by atoms with Crippen LogP contribution in [0, 0.1) is 0 Å². The van der Waals surface area contributed by atoms with E-state index in [1.54, 1.807) is 0 Å². The Morgan fingerprint density at radius 2 is 1.41 bits per heavy atom. The molecular weight excluding hydrogens is 244 g/mol. The van der Waals surface area contributed by atoms with E-state index in [0.29, 0.717) is 4.08 Å². The van der Waals surface area contributed by atoms with Crippen molar-refractivity contribution >= 4 is 34.3 Å². The second-order valence-electron chi connectivity index (χ2n) is 4.91. The average molecular weight is 260 g/mol. The van der Waals surface area contributed by atoms with Gasteiger partial charge in [0.2, 0.25) is 0 Å². The Bertz CT molecular complexity index is 513. The number of benzene rings is 2. The first kappa shape index (κ1) is 11.5. The van der Waals surface area contributed by atoms with Crippen molar-refractivity contribution in [1.82, 2.24) is 0 Å². The van der Waals surface area contributed by atoms with Crippen LogP contribution in [0.3, 0.4) is 0 Å². The first-order chi connectivity index (χ1) is 8.16. The molecule has 88 valence electrons. The molecule has 0 atom stereocenters. The molecule has 0 N–H and O–H groups in total. The van der Waals surface area contributed by atoms with Crippen LogP contribution >= 0.6 is 23.5 Å². The van der Waals surface area contributed by atoms with E-state index in [0.717, 1.165) is 11.5 Å². The monoisotopic (exact) mass is 260 g/mol. The third-order valence-electron chi connectivity index (χ3n) is 3.23. The van der Waals surface area contributed by atoms with Gasteiger partial charge in [0.15, 0.2) is 0 Å². The van der Waals surface area contributed by atoms with Gasteiger partial charge in [0, 0.05) is 11.5 Å². The Labute approximate surface area is 111 Å². The number of thioether (sulfide) groups is 2. The summed E-state index contributed by atoms with van der Waals surface area (Å²) in [6, 6.07) is 13.4. The highest BCUT2D eigenvalue weighted by Gasteiger charge is 2.22. The Kier molecular flexibility index (Phi) is 2.87. The van der Waals surface area contributed by atoms with Gasteiger partial charge < -0.3 is 0 Å². The van der Waals surface area contributed by atoms with E-state index in [-0.39, 0.29) is 0 Å². The van der Waals surface area contributed by atoms with Crippen LogP contribution in [0.1, 0.15) is 25.0 Å². The normalized spacial score (nSPS) is 18.7. The SMILES string of the molecule is CC1(C)SCc2cccc3cccc(c23)CS1. The van der Waals surface area contributed by atoms with E-state index in [9.17, 15) is 0 Å². The fraction of sp³-hybridized carbons (Fsp3) is 0.333. The van der Waals surface area contributed by atoms with Crippen molar-refractivity contribution in [1.29, 1.82) is 0 Å². The smallest absolute Gasteiger partial charge is 0.0561 e. The summed E-state index contributed by atoms with van der Waals surface area (Å²) >= 11 is 4.11. The van der Waals surface area contributed by atoms with Crippen molar-refractivity contribution < 1.29 is 0 Å². The highest BCUT2D eigenvalue weighted by atomic mass is 32.2. The Hall–Kier alpha value is -0.600. The second-order valence-corrected chi connectivity index (χ2v) is 8.36. The Morgan fingerprint density at radius 3 is 1.94 bits per heavy atom. The van der Waals surface area contributed by atoms with Crippen LogP contribution in [0.4, 0.5) is 0 Å². The average Bonchev–Trinajstić information content (AvgIpc) is 2.32. The largest absolute Gasteiger partial charge is 0.140 e. The van der Waals surface area contributed by atoms with Crippen molar-refractivity contribution in [3.63, 3.8) is 0 Å². The third kappa shape index (κ3) is 2.21. The molecule has 0 unspecified atom stereocenters. The van der Waals surface area contributed by atoms with Gasteiger partial charge in [-0.3, -0.25) is 0 Å². The maximum atomic E-state index is 2.33. The van der Waals surface area contributed by atoms with Crippen molar-refractivity contribution in [3.8, 4) is 0 Å². The molecule has 0 aromatic heterocycles. The summed E-state index contributed by atoms with van der Waals surface area (Å²) in [4.78, 5) is 0. The zero-order valence-electron chi connectivity index (χ0n) is 10.2. The molecule has 0 aliphatic carbocycles. The lowest BCUT2D eigenvalue weighted by atomic mass is 10.0. The predicted octanol–water partition coefficient (Wildman–Crippen LogP) is 5.06. The molecule has 17 heavy (non-hydrogen) atoms. The highest BCUT2D eigenvalue weighted by Crippen LogP contribution is 2.44. The molecule has 2 aromatic rings. The maximum absolute atomic E-state index is 2.33. The van der Waals surface area contributed by atoms with Gasteiger partial charge in [0.1, 0.15) is 0 Å². The van der Waals surface area contributed by atoms with Crippen LogP contribution in [0.25, 0.3) is 10.8 Å². The minimum absolute atomic E-state index is 0.315. The summed E-state index contributed by atoms with van der Waals surface area (Å²) in [6.07, 6.45) is 0. The van der Waals surface area contributed by atoms with E-state index in [1.807, 2.05) is 0 Å². The standard InChI is InChI=1S/C15H16S2/c1-15(2)16-9-12-7-3-5-11-6-4-8-13(10-17-15)14(11)12/h3-8H,9-10H2,1-2H3. The molecule has 2 aromatic carbocycles. The molecule has 3 rings (SSSR count). The lowest BCUT2D eigenvalue weighted by Crippen LogP contribution is -2.11. The molecule has 1 heterocycles. The maximum Gasteiger partial charge on any atom is 0.0561 e. The van der Waals surface area contributed by atoms with Gasteiger partial charge in [0.25, 0.3) is 0 Å². The molecular formula is C15H16S2. The van der Waals surface area contributed by atoms with Crippen LogP contribution < -0.4 is 0 Å². The molecule has 0 fully saturated rings. The molecule has 1 aliphatic heterocycles. The Balaban J connectivity index is 2.20. The van der Waals surface area contributed by atoms with Gasteiger partial charge in [-0.15, -0.1) is 23.5 Å². The minimum atomic E-state index is 0.315. The lowest BCUT2D eigenvalue weighted by molar-refractivity contribution is 1.02. The van der Waals surface area contributed by atoms with Crippen LogP contribution in [0.15, 0.2) is 36.4 Å². The van der Waals surface area contributed by atoms with Crippen LogP contribution in [0.5, 0.6) is 0 Å². The van der Waals surface area contributed by atoms with Crippen LogP contribution in [0.2, 0.25) is 0 Å².